The van der Waals surface area contributed by atoms with Crippen LogP contribution in [0, 0.1) is 6.92 Å². The van der Waals surface area contributed by atoms with E-state index in [-0.39, 0.29) is 5.54 Å². The number of benzene rings is 1. The highest BCUT2D eigenvalue weighted by Crippen LogP contribution is 2.36. The summed E-state index contributed by atoms with van der Waals surface area (Å²) in [7, 11) is 0. The first kappa shape index (κ1) is 12.6. The van der Waals surface area contributed by atoms with Crippen LogP contribution >= 0.6 is 0 Å². The first-order valence-electron chi connectivity index (χ1n) is 6.58. The van der Waals surface area contributed by atoms with Crippen molar-refractivity contribution in [3.63, 3.8) is 0 Å². The SMILES string of the molecule is Cc1cccc(C(CN)N2CCCC2(C)C)c1. The van der Waals surface area contributed by atoms with Gasteiger partial charge in [0.25, 0.3) is 0 Å². The van der Waals surface area contributed by atoms with E-state index in [0.717, 1.165) is 0 Å². The summed E-state index contributed by atoms with van der Waals surface area (Å²) in [6.45, 7) is 8.68. The molecule has 0 aliphatic carbocycles. The zero-order valence-electron chi connectivity index (χ0n) is 11.2. The number of nitrogens with two attached hydrogens (primary N) is 1. The van der Waals surface area contributed by atoms with Crippen LogP contribution in [0.5, 0.6) is 0 Å². The van der Waals surface area contributed by atoms with Crippen LogP contribution in [0.1, 0.15) is 43.9 Å². The van der Waals surface area contributed by atoms with Crippen LogP contribution in [0.2, 0.25) is 0 Å². The number of aryl methyl sites for hydroxylation is 1. The summed E-state index contributed by atoms with van der Waals surface area (Å²) < 4.78 is 0. The molecule has 2 nitrogen and oxygen atoms in total. The molecule has 1 aromatic carbocycles. The first-order valence-corrected chi connectivity index (χ1v) is 6.58. The molecule has 1 aliphatic rings. The topological polar surface area (TPSA) is 29.3 Å². The monoisotopic (exact) mass is 232 g/mol. The lowest BCUT2D eigenvalue weighted by molar-refractivity contribution is 0.119. The van der Waals surface area contributed by atoms with Crippen molar-refractivity contribution in [3.8, 4) is 0 Å². The van der Waals surface area contributed by atoms with Crippen molar-refractivity contribution in [1.82, 2.24) is 4.90 Å². The molecule has 1 aromatic rings. The zero-order chi connectivity index (χ0) is 12.5. The molecule has 0 aromatic heterocycles. The summed E-state index contributed by atoms with van der Waals surface area (Å²) in [5, 5.41) is 0. The van der Waals surface area contributed by atoms with Gasteiger partial charge in [0.1, 0.15) is 0 Å². The maximum absolute atomic E-state index is 6.01. The lowest BCUT2D eigenvalue weighted by Gasteiger charge is -2.38. The Bertz CT molecular complexity index is 384. The number of hydrogen-bond acceptors (Lipinski definition) is 2. The number of likely N-dealkylation sites (tertiary alicyclic amines) is 1. The van der Waals surface area contributed by atoms with Crippen molar-refractivity contribution < 1.29 is 0 Å². The van der Waals surface area contributed by atoms with Crippen molar-refractivity contribution in [1.29, 1.82) is 0 Å². The lowest BCUT2D eigenvalue weighted by atomic mass is 9.96. The standard InChI is InChI=1S/C15H24N2/c1-12-6-4-7-13(10-12)14(11-16)17-9-5-8-15(17,2)3/h4,6-7,10,14H,5,8-9,11,16H2,1-3H3. The fourth-order valence-electron chi connectivity index (χ4n) is 3.03. The predicted molar refractivity (Wildman–Crippen MR) is 73.0 cm³/mol. The van der Waals surface area contributed by atoms with Gasteiger partial charge < -0.3 is 5.73 Å². The van der Waals surface area contributed by atoms with Gasteiger partial charge in [-0.15, -0.1) is 0 Å². The van der Waals surface area contributed by atoms with E-state index in [2.05, 4.69) is 49.9 Å². The van der Waals surface area contributed by atoms with Gasteiger partial charge in [-0.3, -0.25) is 4.90 Å². The van der Waals surface area contributed by atoms with Crippen molar-refractivity contribution in [2.24, 2.45) is 5.73 Å². The van der Waals surface area contributed by atoms with Crippen molar-refractivity contribution in [3.05, 3.63) is 35.4 Å². The Morgan fingerprint density at radius 2 is 2.18 bits per heavy atom. The average Bonchev–Trinajstić information content (AvgIpc) is 2.60. The minimum Gasteiger partial charge on any atom is -0.329 e. The molecule has 0 spiro atoms. The highest BCUT2D eigenvalue weighted by atomic mass is 15.2. The Labute approximate surface area is 105 Å². The molecule has 1 atom stereocenters. The van der Waals surface area contributed by atoms with Crippen LogP contribution in [0.3, 0.4) is 0 Å². The minimum atomic E-state index is 0.285. The summed E-state index contributed by atoms with van der Waals surface area (Å²) in [6.07, 6.45) is 2.56. The van der Waals surface area contributed by atoms with Gasteiger partial charge in [0.15, 0.2) is 0 Å². The summed E-state index contributed by atoms with van der Waals surface area (Å²) in [6, 6.07) is 9.13. The van der Waals surface area contributed by atoms with Crippen LogP contribution in [0.4, 0.5) is 0 Å². The number of hydrogen-bond donors (Lipinski definition) is 1. The van der Waals surface area contributed by atoms with Gasteiger partial charge in [0.05, 0.1) is 0 Å². The predicted octanol–water partition coefficient (Wildman–Crippen LogP) is 2.87. The molecule has 0 radical (unpaired) electrons. The van der Waals surface area contributed by atoms with Gasteiger partial charge in [-0.2, -0.15) is 0 Å². The van der Waals surface area contributed by atoms with Gasteiger partial charge >= 0.3 is 0 Å². The molecule has 94 valence electrons. The van der Waals surface area contributed by atoms with Crippen molar-refractivity contribution in [2.45, 2.75) is 45.2 Å². The van der Waals surface area contributed by atoms with E-state index in [1.54, 1.807) is 0 Å². The van der Waals surface area contributed by atoms with E-state index in [1.807, 2.05) is 0 Å². The third-order valence-corrected chi connectivity index (χ3v) is 3.99. The molecule has 2 N–H and O–H groups in total. The van der Waals surface area contributed by atoms with E-state index in [1.165, 1.54) is 30.5 Å². The normalized spacial score (nSPS) is 21.6. The van der Waals surface area contributed by atoms with E-state index in [9.17, 15) is 0 Å². The molecule has 1 unspecified atom stereocenters. The van der Waals surface area contributed by atoms with E-state index >= 15 is 0 Å². The van der Waals surface area contributed by atoms with Gasteiger partial charge in [-0.1, -0.05) is 29.8 Å². The van der Waals surface area contributed by atoms with Gasteiger partial charge in [0.2, 0.25) is 0 Å². The van der Waals surface area contributed by atoms with Crippen molar-refractivity contribution >= 4 is 0 Å². The molecule has 1 fully saturated rings. The minimum absolute atomic E-state index is 0.285. The fraction of sp³-hybridized carbons (Fsp3) is 0.600. The molecule has 17 heavy (non-hydrogen) atoms. The molecule has 1 saturated heterocycles. The Hall–Kier alpha value is -0.860. The second kappa shape index (κ2) is 4.79. The quantitative estimate of drug-likeness (QED) is 0.868. The number of nitrogens with zero attached hydrogens (tertiary/aromatic N) is 1. The Kier molecular flexibility index (Phi) is 3.55. The molecule has 2 heteroatoms. The van der Waals surface area contributed by atoms with Crippen LogP contribution in [0.15, 0.2) is 24.3 Å². The lowest BCUT2D eigenvalue weighted by Crippen LogP contribution is -2.43. The maximum Gasteiger partial charge on any atom is 0.0475 e. The largest absolute Gasteiger partial charge is 0.329 e. The summed E-state index contributed by atoms with van der Waals surface area (Å²) >= 11 is 0. The van der Waals surface area contributed by atoms with Crippen LogP contribution < -0.4 is 5.73 Å². The van der Waals surface area contributed by atoms with Crippen LogP contribution in [-0.2, 0) is 0 Å². The number of rotatable bonds is 3. The first-order chi connectivity index (χ1) is 8.04. The molecule has 0 saturated carbocycles. The third kappa shape index (κ3) is 2.53. The second-order valence-electron chi connectivity index (χ2n) is 5.78. The Balaban J connectivity index is 2.27. The molecule has 1 aliphatic heterocycles. The van der Waals surface area contributed by atoms with E-state index in [0.29, 0.717) is 12.6 Å². The highest BCUT2D eigenvalue weighted by Gasteiger charge is 2.36. The van der Waals surface area contributed by atoms with Crippen LogP contribution in [-0.4, -0.2) is 23.5 Å². The smallest absolute Gasteiger partial charge is 0.0475 e. The Morgan fingerprint density at radius 3 is 2.71 bits per heavy atom. The summed E-state index contributed by atoms with van der Waals surface area (Å²) in [5.41, 5.74) is 8.98. The average molecular weight is 232 g/mol. The molecule has 0 amide bonds. The Morgan fingerprint density at radius 1 is 1.41 bits per heavy atom. The van der Waals surface area contributed by atoms with E-state index < -0.39 is 0 Å². The molecule has 0 bridgehead atoms. The molecular weight excluding hydrogens is 208 g/mol. The molecular formula is C15H24N2. The molecule has 2 rings (SSSR count). The van der Waals surface area contributed by atoms with Gasteiger partial charge in [-0.25, -0.2) is 0 Å². The van der Waals surface area contributed by atoms with Crippen LogP contribution in [0.25, 0.3) is 0 Å². The maximum atomic E-state index is 6.01. The van der Waals surface area contributed by atoms with E-state index in [4.69, 9.17) is 5.73 Å². The third-order valence-electron chi connectivity index (χ3n) is 3.99. The summed E-state index contributed by atoms with van der Waals surface area (Å²) in [5.74, 6) is 0. The zero-order valence-corrected chi connectivity index (χ0v) is 11.2. The van der Waals surface area contributed by atoms with Gasteiger partial charge in [0, 0.05) is 18.1 Å². The second-order valence-corrected chi connectivity index (χ2v) is 5.78. The fourth-order valence-corrected chi connectivity index (χ4v) is 3.03. The van der Waals surface area contributed by atoms with Gasteiger partial charge in [-0.05, 0) is 45.7 Å². The summed E-state index contributed by atoms with van der Waals surface area (Å²) in [4.78, 5) is 2.57. The van der Waals surface area contributed by atoms with Crippen molar-refractivity contribution in [2.75, 3.05) is 13.1 Å². The highest BCUT2D eigenvalue weighted by molar-refractivity contribution is 5.26. The molecule has 1 heterocycles.